The number of nitrogens with one attached hydrogen (secondary N) is 1. The van der Waals surface area contributed by atoms with Gasteiger partial charge in [0.2, 0.25) is 0 Å². The standard InChI is InChI=1S/C14H26N2O/c1-2-4-14(3-1)5-8-16(9-6-14)11-13-12-17-10-7-15-13/h13,15H,1-12H2. The summed E-state index contributed by atoms with van der Waals surface area (Å²) in [7, 11) is 0. The molecule has 2 heterocycles. The van der Waals surface area contributed by atoms with Crippen LogP contribution in [0.15, 0.2) is 0 Å². The van der Waals surface area contributed by atoms with Gasteiger partial charge in [0.15, 0.2) is 0 Å². The molecule has 3 heteroatoms. The summed E-state index contributed by atoms with van der Waals surface area (Å²) in [6.07, 6.45) is 8.87. The van der Waals surface area contributed by atoms with E-state index in [0.29, 0.717) is 6.04 Å². The topological polar surface area (TPSA) is 24.5 Å². The minimum absolute atomic E-state index is 0.571. The second-order valence-electron chi connectivity index (χ2n) is 6.23. The van der Waals surface area contributed by atoms with E-state index in [9.17, 15) is 0 Å². The average Bonchev–Trinajstić information content (AvgIpc) is 2.83. The van der Waals surface area contributed by atoms with Gasteiger partial charge < -0.3 is 15.0 Å². The van der Waals surface area contributed by atoms with E-state index in [1.54, 1.807) is 0 Å². The lowest BCUT2D eigenvalue weighted by atomic mass is 9.77. The van der Waals surface area contributed by atoms with Gasteiger partial charge in [-0.15, -0.1) is 0 Å². The first kappa shape index (κ1) is 11.9. The lowest BCUT2D eigenvalue weighted by Gasteiger charge is -2.41. The molecule has 98 valence electrons. The van der Waals surface area contributed by atoms with Gasteiger partial charge in [-0.2, -0.15) is 0 Å². The van der Waals surface area contributed by atoms with E-state index in [2.05, 4.69) is 10.2 Å². The highest BCUT2D eigenvalue weighted by molar-refractivity contribution is 4.90. The third-order valence-electron chi connectivity index (χ3n) is 5.06. The molecule has 2 saturated heterocycles. The molecule has 1 aliphatic carbocycles. The highest BCUT2D eigenvalue weighted by Crippen LogP contribution is 2.46. The highest BCUT2D eigenvalue weighted by Gasteiger charge is 2.37. The Labute approximate surface area is 105 Å². The number of nitrogens with zero attached hydrogens (tertiary/aromatic N) is 1. The SMILES string of the molecule is C1CCC2(C1)CCN(CC1COCCN1)CC2. The molecule has 0 aromatic carbocycles. The molecule has 1 unspecified atom stereocenters. The van der Waals surface area contributed by atoms with Crippen LogP contribution in [0.25, 0.3) is 0 Å². The second kappa shape index (κ2) is 5.25. The number of hydrogen-bond acceptors (Lipinski definition) is 3. The Hall–Kier alpha value is -0.120. The minimum Gasteiger partial charge on any atom is -0.378 e. The molecule has 0 aromatic rings. The number of rotatable bonds is 2. The Balaban J connectivity index is 1.44. The van der Waals surface area contributed by atoms with Crippen LogP contribution in [0, 0.1) is 5.41 Å². The van der Waals surface area contributed by atoms with Gasteiger partial charge in [-0.1, -0.05) is 12.8 Å². The summed E-state index contributed by atoms with van der Waals surface area (Å²) in [6.45, 7) is 6.65. The molecule has 3 aliphatic rings. The first-order valence-electron chi connectivity index (χ1n) is 7.40. The monoisotopic (exact) mass is 238 g/mol. The van der Waals surface area contributed by atoms with Gasteiger partial charge in [-0.05, 0) is 44.2 Å². The summed E-state index contributed by atoms with van der Waals surface area (Å²) in [5.74, 6) is 0. The van der Waals surface area contributed by atoms with Crippen molar-refractivity contribution in [3.05, 3.63) is 0 Å². The second-order valence-corrected chi connectivity index (χ2v) is 6.23. The minimum atomic E-state index is 0.571. The largest absolute Gasteiger partial charge is 0.378 e. The molecular weight excluding hydrogens is 212 g/mol. The molecule has 3 rings (SSSR count). The first-order chi connectivity index (χ1) is 8.36. The zero-order valence-electron chi connectivity index (χ0n) is 10.9. The van der Waals surface area contributed by atoms with Gasteiger partial charge >= 0.3 is 0 Å². The smallest absolute Gasteiger partial charge is 0.0632 e. The summed E-state index contributed by atoms with van der Waals surface area (Å²) in [5.41, 5.74) is 0.757. The number of ether oxygens (including phenoxy) is 1. The summed E-state index contributed by atoms with van der Waals surface area (Å²) >= 11 is 0. The lowest BCUT2D eigenvalue weighted by Crippen LogP contribution is -2.50. The summed E-state index contributed by atoms with van der Waals surface area (Å²) in [6, 6.07) is 0.571. The van der Waals surface area contributed by atoms with E-state index in [-0.39, 0.29) is 0 Å². The zero-order valence-corrected chi connectivity index (χ0v) is 10.9. The van der Waals surface area contributed by atoms with Crippen LogP contribution in [0.2, 0.25) is 0 Å². The van der Waals surface area contributed by atoms with E-state index >= 15 is 0 Å². The molecule has 0 amide bonds. The number of morpholine rings is 1. The van der Waals surface area contributed by atoms with E-state index in [0.717, 1.165) is 25.2 Å². The van der Waals surface area contributed by atoms with E-state index in [1.165, 1.54) is 58.2 Å². The summed E-state index contributed by atoms with van der Waals surface area (Å²) < 4.78 is 5.53. The Morgan fingerprint density at radius 2 is 1.88 bits per heavy atom. The molecule has 0 bridgehead atoms. The number of hydrogen-bond donors (Lipinski definition) is 1. The molecule has 1 spiro atoms. The fourth-order valence-electron chi connectivity index (χ4n) is 3.88. The van der Waals surface area contributed by atoms with E-state index in [1.807, 2.05) is 0 Å². The molecule has 3 fully saturated rings. The van der Waals surface area contributed by atoms with Crippen LogP contribution < -0.4 is 5.32 Å². The van der Waals surface area contributed by atoms with Crippen LogP contribution in [0.4, 0.5) is 0 Å². The normalized spacial score (nSPS) is 34.2. The van der Waals surface area contributed by atoms with Gasteiger partial charge in [0.25, 0.3) is 0 Å². The Bertz CT molecular complexity index is 235. The Morgan fingerprint density at radius 3 is 2.53 bits per heavy atom. The fraction of sp³-hybridized carbons (Fsp3) is 1.00. The molecule has 1 saturated carbocycles. The van der Waals surface area contributed by atoms with Crippen molar-refractivity contribution in [2.45, 2.75) is 44.6 Å². The first-order valence-corrected chi connectivity index (χ1v) is 7.40. The van der Waals surface area contributed by atoms with Crippen molar-refractivity contribution in [2.24, 2.45) is 5.41 Å². The predicted molar refractivity (Wildman–Crippen MR) is 69.2 cm³/mol. The van der Waals surface area contributed by atoms with Crippen molar-refractivity contribution in [1.29, 1.82) is 0 Å². The maximum atomic E-state index is 5.53. The van der Waals surface area contributed by atoms with E-state index in [4.69, 9.17) is 4.74 Å². The summed E-state index contributed by atoms with van der Waals surface area (Å²) in [4.78, 5) is 2.65. The van der Waals surface area contributed by atoms with Crippen molar-refractivity contribution in [1.82, 2.24) is 10.2 Å². The van der Waals surface area contributed by atoms with Gasteiger partial charge in [0, 0.05) is 19.1 Å². The van der Waals surface area contributed by atoms with Gasteiger partial charge in [-0.25, -0.2) is 0 Å². The van der Waals surface area contributed by atoms with Gasteiger partial charge in [-0.3, -0.25) is 0 Å². The van der Waals surface area contributed by atoms with Crippen LogP contribution in [-0.4, -0.2) is 50.3 Å². The number of likely N-dealkylation sites (tertiary alicyclic amines) is 1. The van der Waals surface area contributed by atoms with E-state index < -0.39 is 0 Å². The average molecular weight is 238 g/mol. The molecule has 3 nitrogen and oxygen atoms in total. The molecule has 0 aromatic heterocycles. The molecule has 1 N–H and O–H groups in total. The maximum Gasteiger partial charge on any atom is 0.0632 e. The Kier molecular flexibility index (Phi) is 3.69. The molecule has 2 aliphatic heterocycles. The Morgan fingerprint density at radius 1 is 1.12 bits per heavy atom. The third kappa shape index (κ3) is 2.83. The van der Waals surface area contributed by atoms with Crippen LogP contribution >= 0.6 is 0 Å². The quantitative estimate of drug-likeness (QED) is 0.791. The van der Waals surface area contributed by atoms with Crippen molar-refractivity contribution in [2.75, 3.05) is 39.4 Å². The van der Waals surface area contributed by atoms with Crippen molar-refractivity contribution < 1.29 is 4.74 Å². The highest BCUT2D eigenvalue weighted by atomic mass is 16.5. The lowest BCUT2D eigenvalue weighted by molar-refractivity contribution is 0.0448. The van der Waals surface area contributed by atoms with Crippen LogP contribution in [0.5, 0.6) is 0 Å². The molecule has 0 radical (unpaired) electrons. The molecule has 17 heavy (non-hydrogen) atoms. The molecule has 1 atom stereocenters. The van der Waals surface area contributed by atoms with Crippen LogP contribution in [0.3, 0.4) is 0 Å². The van der Waals surface area contributed by atoms with Crippen molar-refractivity contribution in [3.8, 4) is 0 Å². The summed E-state index contributed by atoms with van der Waals surface area (Å²) in [5, 5.41) is 3.56. The predicted octanol–water partition coefficient (Wildman–Crippen LogP) is 1.63. The molecular formula is C14H26N2O. The van der Waals surface area contributed by atoms with Crippen molar-refractivity contribution in [3.63, 3.8) is 0 Å². The fourth-order valence-corrected chi connectivity index (χ4v) is 3.88. The van der Waals surface area contributed by atoms with Crippen LogP contribution in [0.1, 0.15) is 38.5 Å². The number of piperidine rings is 1. The maximum absolute atomic E-state index is 5.53. The zero-order chi connectivity index (χ0) is 11.6. The van der Waals surface area contributed by atoms with Gasteiger partial charge in [0.1, 0.15) is 0 Å². The van der Waals surface area contributed by atoms with Gasteiger partial charge in [0.05, 0.1) is 13.2 Å². The van der Waals surface area contributed by atoms with Crippen molar-refractivity contribution >= 4 is 0 Å². The van der Waals surface area contributed by atoms with Crippen LogP contribution in [-0.2, 0) is 4.74 Å². The third-order valence-corrected chi connectivity index (χ3v) is 5.06.